The molecule has 1 saturated heterocycles. The molecule has 8 heteroatoms. The van der Waals surface area contributed by atoms with E-state index in [0.29, 0.717) is 5.92 Å². The Morgan fingerprint density at radius 2 is 2.03 bits per heavy atom. The van der Waals surface area contributed by atoms with Crippen molar-refractivity contribution in [3.05, 3.63) is 65.2 Å². The lowest BCUT2D eigenvalue weighted by Crippen LogP contribution is -2.16. The van der Waals surface area contributed by atoms with Crippen LogP contribution in [0.5, 0.6) is 0 Å². The molecule has 0 unspecified atom stereocenters. The second kappa shape index (κ2) is 8.79. The van der Waals surface area contributed by atoms with Gasteiger partial charge in [-0.2, -0.15) is 0 Å². The monoisotopic (exact) mass is 455 g/mol. The molecule has 34 heavy (non-hydrogen) atoms. The molecule has 2 aliphatic rings. The minimum Gasteiger partial charge on any atom is -0.381 e. The number of hydrogen-bond acceptors (Lipinski definition) is 7. The van der Waals surface area contributed by atoms with E-state index in [9.17, 15) is 0 Å². The predicted octanol–water partition coefficient (Wildman–Crippen LogP) is 3.93. The Balaban J connectivity index is 1.35. The van der Waals surface area contributed by atoms with Crippen molar-refractivity contribution < 1.29 is 4.74 Å². The summed E-state index contributed by atoms with van der Waals surface area (Å²) in [6, 6.07) is 8.41. The molecule has 2 aliphatic heterocycles. The lowest BCUT2D eigenvalue weighted by Gasteiger charge is -2.19. The van der Waals surface area contributed by atoms with Gasteiger partial charge in [0.15, 0.2) is 0 Å². The summed E-state index contributed by atoms with van der Waals surface area (Å²) < 4.78 is 5.64. The number of ether oxygens (including phenoxy) is 1. The summed E-state index contributed by atoms with van der Waals surface area (Å²) in [5.74, 6) is 1.27. The molecule has 0 spiro atoms. The van der Waals surface area contributed by atoms with Crippen molar-refractivity contribution in [1.29, 1.82) is 0 Å². The molecule has 1 fully saturated rings. The lowest BCUT2D eigenvalue weighted by molar-refractivity contribution is 0.193. The second-order valence-corrected chi connectivity index (χ2v) is 9.34. The van der Waals surface area contributed by atoms with E-state index in [4.69, 9.17) is 14.7 Å². The van der Waals surface area contributed by atoms with Gasteiger partial charge in [-0.25, -0.2) is 9.97 Å². The van der Waals surface area contributed by atoms with Crippen molar-refractivity contribution in [1.82, 2.24) is 30.2 Å². The fourth-order valence-corrected chi connectivity index (χ4v) is 5.10. The van der Waals surface area contributed by atoms with Crippen LogP contribution in [0.1, 0.15) is 34.7 Å². The molecule has 3 N–H and O–H groups in total. The molecule has 0 amide bonds. The van der Waals surface area contributed by atoms with Gasteiger partial charge in [0.1, 0.15) is 11.5 Å². The van der Waals surface area contributed by atoms with Crippen LogP contribution >= 0.6 is 0 Å². The number of aromatic amines is 1. The van der Waals surface area contributed by atoms with Crippen molar-refractivity contribution in [2.24, 2.45) is 0 Å². The molecule has 4 aromatic rings. The van der Waals surface area contributed by atoms with E-state index < -0.39 is 0 Å². The van der Waals surface area contributed by atoms with Gasteiger partial charge in [-0.05, 0) is 55.4 Å². The molecule has 0 aliphatic carbocycles. The highest BCUT2D eigenvalue weighted by atomic mass is 16.5. The maximum absolute atomic E-state index is 5.64. The highest BCUT2D eigenvalue weighted by Gasteiger charge is 2.24. The molecule has 0 saturated carbocycles. The Hall–Kier alpha value is -3.33. The highest BCUT2D eigenvalue weighted by Crippen LogP contribution is 2.36. The van der Waals surface area contributed by atoms with E-state index in [2.05, 4.69) is 57.8 Å². The van der Waals surface area contributed by atoms with Gasteiger partial charge in [-0.1, -0.05) is 6.07 Å². The molecular formula is C26H29N7O. The molecule has 4 aromatic heterocycles. The minimum absolute atomic E-state index is 0.427. The lowest BCUT2D eigenvalue weighted by atomic mass is 9.96. The summed E-state index contributed by atoms with van der Waals surface area (Å²) in [6.45, 7) is 4.00. The van der Waals surface area contributed by atoms with Crippen molar-refractivity contribution in [2.45, 2.75) is 32.0 Å². The Morgan fingerprint density at radius 1 is 1.12 bits per heavy atom. The zero-order chi connectivity index (χ0) is 23.1. The van der Waals surface area contributed by atoms with E-state index in [1.54, 1.807) is 0 Å². The number of fused-ring (bicyclic) bond motifs is 2. The van der Waals surface area contributed by atoms with Crippen molar-refractivity contribution in [3.63, 3.8) is 0 Å². The average Bonchev–Trinajstić information content (AvgIpc) is 3.60. The summed E-state index contributed by atoms with van der Waals surface area (Å²) in [5, 5.41) is 8.16. The predicted molar refractivity (Wildman–Crippen MR) is 133 cm³/mol. The molecule has 6 heterocycles. The second-order valence-electron chi connectivity index (χ2n) is 9.34. The van der Waals surface area contributed by atoms with E-state index in [1.165, 1.54) is 16.7 Å². The number of rotatable bonds is 6. The van der Waals surface area contributed by atoms with E-state index in [-0.39, 0.29) is 0 Å². The maximum atomic E-state index is 5.64. The number of hydrogen-bond donors (Lipinski definition) is 3. The van der Waals surface area contributed by atoms with Crippen LogP contribution in [0.15, 0.2) is 42.9 Å². The molecular weight excluding hydrogens is 426 g/mol. The summed E-state index contributed by atoms with van der Waals surface area (Å²) in [4.78, 5) is 19.7. The third-order valence-corrected chi connectivity index (χ3v) is 6.72. The number of H-pyrrole nitrogens is 1. The van der Waals surface area contributed by atoms with Gasteiger partial charge >= 0.3 is 0 Å². The normalized spacial score (nSPS) is 17.6. The van der Waals surface area contributed by atoms with Gasteiger partial charge in [0.2, 0.25) is 0 Å². The highest BCUT2D eigenvalue weighted by molar-refractivity contribution is 5.93. The first-order valence-corrected chi connectivity index (χ1v) is 11.8. The molecule has 0 radical (unpaired) electrons. The quantitative estimate of drug-likeness (QED) is 0.406. The van der Waals surface area contributed by atoms with Crippen molar-refractivity contribution >= 4 is 22.5 Å². The third-order valence-electron chi connectivity index (χ3n) is 6.72. The smallest absolute Gasteiger partial charge is 0.137 e. The number of nitrogens with one attached hydrogen (secondary N) is 3. The standard InChI is InChI=1S/C26H29N7O/c1-33(2)14-23-17(16-7-10-34-15-16)3-4-24(32-23)31-22-13-30-25(21-12-27-11-20(21)22)18-5-8-28-26-19(18)6-9-29-26/h3-6,8-9,13,16,27H,7,10-12,14-15H2,1-2H3,(H,28,29)(H,31,32)/t16-/m1/s1. The van der Waals surface area contributed by atoms with Crippen LogP contribution in [0.2, 0.25) is 0 Å². The summed E-state index contributed by atoms with van der Waals surface area (Å²) in [6.07, 6.45) is 6.76. The van der Waals surface area contributed by atoms with Crippen molar-refractivity contribution in [3.8, 4) is 11.3 Å². The molecule has 0 bridgehead atoms. The van der Waals surface area contributed by atoms with Crippen LogP contribution < -0.4 is 10.6 Å². The topological polar surface area (TPSA) is 91.0 Å². The van der Waals surface area contributed by atoms with Gasteiger partial charge in [-0.15, -0.1) is 0 Å². The Labute approximate surface area is 198 Å². The van der Waals surface area contributed by atoms with Crippen LogP contribution in [-0.2, 0) is 24.4 Å². The summed E-state index contributed by atoms with van der Waals surface area (Å²) in [7, 11) is 4.16. The number of pyridine rings is 3. The van der Waals surface area contributed by atoms with Crippen LogP contribution in [0.3, 0.4) is 0 Å². The Morgan fingerprint density at radius 3 is 2.88 bits per heavy atom. The van der Waals surface area contributed by atoms with Gasteiger partial charge in [0, 0.05) is 55.5 Å². The van der Waals surface area contributed by atoms with Gasteiger partial charge < -0.3 is 25.3 Å². The Kier molecular flexibility index (Phi) is 5.49. The van der Waals surface area contributed by atoms with Crippen LogP contribution in [0.25, 0.3) is 22.3 Å². The van der Waals surface area contributed by atoms with Gasteiger partial charge in [0.05, 0.1) is 29.9 Å². The Bertz CT molecular complexity index is 1340. The largest absolute Gasteiger partial charge is 0.381 e. The van der Waals surface area contributed by atoms with Crippen molar-refractivity contribution in [2.75, 3.05) is 32.6 Å². The fraction of sp³-hybridized carbons (Fsp3) is 0.346. The summed E-state index contributed by atoms with van der Waals surface area (Å²) >= 11 is 0. The summed E-state index contributed by atoms with van der Waals surface area (Å²) in [5.41, 5.74) is 8.88. The number of anilines is 2. The number of nitrogens with zero attached hydrogens (tertiary/aromatic N) is 4. The van der Waals surface area contributed by atoms with E-state index in [0.717, 1.165) is 78.8 Å². The van der Waals surface area contributed by atoms with Crippen LogP contribution in [-0.4, -0.2) is 52.1 Å². The third kappa shape index (κ3) is 3.83. The molecule has 174 valence electrons. The minimum atomic E-state index is 0.427. The molecule has 0 aromatic carbocycles. The fourth-order valence-electron chi connectivity index (χ4n) is 5.10. The van der Waals surface area contributed by atoms with Gasteiger partial charge in [-0.3, -0.25) is 4.98 Å². The first-order valence-electron chi connectivity index (χ1n) is 11.8. The molecule has 6 rings (SSSR count). The van der Waals surface area contributed by atoms with Gasteiger partial charge in [0.25, 0.3) is 0 Å². The first-order chi connectivity index (χ1) is 16.7. The van der Waals surface area contributed by atoms with E-state index in [1.807, 2.05) is 24.7 Å². The maximum Gasteiger partial charge on any atom is 0.137 e. The zero-order valence-electron chi connectivity index (χ0n) is 19.6. The molecule has 1 atom stereocenters. The first kappa shape index (κ1) is 21.2. The molecule has 8 nitrogen and oxygen atoms in total. The number of aromatic nitrogens is 4. The SMILES string of the molecule is CN(C)Cc1nc(Nc2cnc(-c3ccnc4[nH]ccc34)c3c2CNC3)ccc1[C@@H]1CCOC1. The van der Waals surface area contributed by atoms with Crippen LogP contribution in [0, 0.1) is 0 Å². The van der Waals surface area contributed by atoms with Crippen LogP contribution in [0.4, 0.5) is 11.5 Å². The van der Waals surface area contributed by atoms with E-state index >= 15 is 0 Å². The average molecular weight is 456 g/mol. The zero-order valence-corrected chi connectivity index (χ0v) is 19.6.